The summed E-state index contributed by atoms with van der Waals surface area (Å²) in [5.41, 5.74) is 2.75. The Kier molecular flexibility index (Phi) is 5.92. The van der Waals surface area contributed by atoms with E-state index in [2.05, 4.69) is 49.6 Å². The van der Waals surface area contributed by atoms with Crippen LogP contribution in [-0.4, -0.2) is 19.7 Å². The lowest BCUT2D eigenvalue weighted by atomic mass is 9.87. The molecule has 3 nitrogen and oxygen atoms in total. The van der Waals surface area contributed by atoms with Crippen LogP contribution in [0.3, 0.4) is 0 Å². The highest BCUT2D eigenvalue weighted by atomic mass is 16.5. The third-order valence-corrected chi connectivity index (χ3v) is 4.14. The molecular formula is C18H30N2O. The average molecular weight is 290 g/mol. The molecule has 2 N–H and O–H groups in total. The Morgan fingerprint density at radius 1 is 1.29 bits per heavy atom. The third-order valence-electron chi connectivity index (χ3n) is 4.14. The van der Waals surface area contributed by atoms with Crippen molar-refractivity contribution in [2.45, 2.75) is 53.0 Å². The molecule has 0 saturated carbocycles. The zero-order valence-electron chi connectivity index (χ0n) is 13.8. The van der Waals surface area contributed by atoms with Crippen molar-refractivity contribution in [1.82, 2.24) is 5.32 Å². The van der Waals surface area contributed by atoms with Gasteiger partial charge >= 0.3 is 0 Å². The Hall–Kier alpha value is -1.22. The van der Waals surface area contributed by atoms with Crippen LogP contribution in [0.2, 0.25) is 0 Å². The van der Waals surface area contributed by atoms with E-state index in [-0.39, 0.29) is 0 Å². The van der Waals surface area contributed by atoms with Crippen LogP contribution in [-0.2, 0) is 6.54 Å². The number of ether oxygens (including phenoxy) is 1. The second-order valence-electron chi connectivity index (χ2n) is 6.79. The molecule has 1 aromatic carbocycles. The highest BCUT2D eigenvalue weighted by Gasteiger charge is 2.18. The van der Waals surface area contributed by atoms with Crippen molar-refractivity contribution in [3.8, 4) is 5.75 Å². The van der Waals surface area contributed by atoms with E-state index in [1.165, 1.54) is 31.2 Å². The first-order valence-electron chi connectivity index (χ1n) is 8.32. The molecule has 0 radical (unpaired) electrons. The average Bonchev–Trinajstić information content (AvgIpc) is 2.47. The Balaban J connectivity index is 1.83. The van der Waals surface area contributed by atoms with Gasteiger partial charge in [0.15, 0.2) is 0 Å². The van der Waals surface area contributed by atoms with Gasteiger partial charge in [-0.15, -0.1) is 0 Å². The van der Waals surface area contributed by atoms with E-state index in [4.69, 9.17) is 4.74 Å². The van der Waals surface area contributed by atoms with Crippen molar-refractivity contribution in [2.75, 3.05) is 25.0 Å². The molecule has 2 rings (SSSR count). The van der Waals surface area contributed by atoms with Crippen LogP contribution in [0, 0.1) is 5.41 Å². The molecule has 0 bridgehead atoms. The molecule has 118 valence electrons. The molecule has 21 heavy (non-hydrogen) atoms. The molecule has 0 spiro atoms. The molecule has 1 aliphatic heterocycles. The monoisotopic (exact) mass is 290 g/mol. The first-order valence-corrected chi connectivity index (χ1v) is 8.32. The summed E-state index contributed by atoms with van der Waals surface area (Å²) in [6, 6.07) is 6.35. The zero-order valence-corrected chi connectivity index (χ0v) is 13.8. The molecule has 3 heteroatoms. The Morgan fingerprint density at radius 3 is 2.95 bits per heavy atom. The van der Waals surface area contributed by atoms with Gasteiger partial charge in [0.05, 0.1) is 5.69 Å². The number of para-hydroxylation sites is 1. The minimum atomic E-state index is 0.364. The molecule has 0 fully saturated rings. The number of rotatable bonds is 8. The van der Waals surface area contributed by atoms with Gasteiger partial charge in [0.2, 0.25) is 0 Å². The van der Waals surface area contributed by atoms with Gasteiger partial charge in [-0.2, -0.15) is 0 Å². The Bertz CT molecular complexity index is 443. The Labute approximate surface area is 129 Å². The summed E-state index contributed by atoms with van der Waals surface area (Å²) in [5.74, 6) is 1.03. The summed E-state index contributed by atoms with van der Waals surface area (Å²) in [7, 11) is 0. The molecule has 1 aliphatic rings. The van der Waals surface area contributed by atoms with Crippen molar-refractivity contribution < 1.29 is 4.74 Å². The molecule has 1 heterocycles. The molecule has 0 unspecified atom stereocenters. The van der Waals surface area contributed by atoms with Crippen LogP contribution in [0.4, 0.5) is 5.69 Å². The SMILES string of the molecule is CCCCCC(C)(C)CNCc1cccc2c1OCCN2. The van der Waals surface area contributed by atoms with Gasteiger partial charge in [-0.3, -0.25) is 0 Å². The highest BCUT2D eigenvalue weighted by molar-refractivity contribution is 5.61. The third kappa shape index (κ3) is 4.92. The normalized spacial score (nSPS) is 14.2. The number of unbranched alkanes of at least 4 members (excludes halogenated alkanes) is 2. The van der Waals surface area contributed by atoms with Gasteiger partial charge in [0, 0.05) is 25.2 Å². The van der Waals surface area contributed by atoms with E-state index >= 15 is 0 Å². The van der Waals surface area contributed by atoms with Crippen LogP contribution < -0.4 is 15.4 Å². The van der Waals surface area contributed by atoms with Crippen LogP contribution in [0.15, 0.2) is 18.2 Å². The molecule has 0 aromatic heterocycles. The first-order chi connectivity index (χ1) is 10.1. The van der Waals surface area contributed by atoms with Crippen LogP contribution in [0.25, 0.3) is 0 Å². The molecule has 0 atom stereocenters. The van der Waals surface area contributed by atoms with Crippen molar-refractivity contribution in [3.63, 3.8) is 0 Å². The molecule has 1 aromatic rings. The maximum absolute atomic E-state index is 5.81. The largest absolute Gasteiger partial charge is 0.489 e. The summed E-state index contributed by atoms with van der Waals surface area (Å²) in [6.07, 6.45) is 5.26. The van der Waals surface area contributed by atoms with Crippen LogP contribution in [0.1, 0.15) is 52.0 Å². The standard InChI is InChI=1S/C18H30N2O/c1-4-5-6-10-18(2,3)14-19-13-15-8-7-9-16-17(15)21-12-11-20-16/h7-9,19-20H,4-6,10-14H2,1-3H3. The smallest absolute Gasteiger partial charge is 0.146 e. The second kappa shape index (κ2) is 7.69. The first kappa shape index (κ1) is 16.2. The van der Waals surface area contributed by atoms with E-state index in [0.29, 0.717) is 5.41 Å². The van der Waals surface area contributed by atoms with Crippen LogP contribution >= 0.6 is 0 Å². The topological polar surface area (TPSA) is 33.3 Å². The van der Waals surface area contributed by atoms with E-state index < -0.39 is 0 Å². The van der Waals surface area contributed by atoms with Gasteiger partial charge in [0.25, 0.3) is 0 Å². The zero-order chi connectivity index (χ0) is 15.1. The van der Waals surface area contributed by atoms with Gasteiger partial charge in [0.1, 0.15) is 12.4 Å². The lowest BCUT2D eigenvalue weighted by Gasteiger charge is -2.26. The summed E-state index contributed by atoms with van der Waals surface area (Å²) < 4.78 is 5.81. The lowest BCUT2D eigenvalue weighted by molar-refractivity contribution is 0.296. The number of hydrogen-bond acceptors (Lipinski definition) is 3. The summed E-state index contributed by atoms with van der Waals surface area (Å²) in [5, 5.41) is 7.00. The Morgan fingerprint density at radius 2 is 2.14 bits per heavy atom. The predicted molar refractivity (Wildman–Crippen MR) is 90.1 cm³/mol. The highest BCUT2D eigenvalue weighted by Crippen LogP contribution is 2.31. The number of fused-ring (bicyclic) bond motifs is 1. The van der Waals surface area contributed by atoms with E-state index in [1.54, 1.807) is 0 Å². The molecule has 0 amide bonds. The molecule has 0 aliphatic carbocycles. The lowest BCUT2D eigenvalue weighted by Crippen LogP contribution is -2.29. The van der Waals surface area contributed by atoms with E-state index in [1.807, 2.05) is 0 Å². The minimum absolute atomic E-state index is 0.364. The van der Waals surface area contributed by atoms with Crippen molar-refractivity contribution in [1.29, 1.82) is 0 Å². The predicted octanol–water partition coefficient (Wildman–Crippen LogP) is 4.19. The summed E-state index contributed by atoms with van der Waals surface area (Å²) in [4.78, 5) is 0. The van der Waals surface area contributed by atoms with E-state index in [0.717, 1.165) is 37.7 Å². The quantitative estimate of drug-likeness (QED) is 0.704. The van der Waals surface area contributed by atoms with Crippen molar-refractivity contribution >= 4 is 5.69 Å². The van der Waals surface area contributed by atoms with Gasteiger partial charge in [-0.1, -0.05) is 52.2 Å². The fourth-order valence-electron chi connectivity index (χ4n) is 2.85. The van der Waals surface area contributed by atoms with Crippen LogP contribution in [0.5, 0.6) is 5.75 Å². The van der Waals surface area contributed by atoms with Gasteiger partial charge in [-0.25, -0.2) is 0 Å². The number of nitrogens with one attached hydrogen (secondary N) is 2. The van der Waals surface area contributed by atoms with Crippen molar-refractivity contribution in [2.24, 2.45) is 5.41 Å². The fraction of sp³-hybridized carbons (Fsp3) is 0.667. The number of hydrogen-bond donors (Lipinski definition) is 2. The van der Waals surface area contributed by atoms with Crippen molar-refractivity contribution in [3.05, 3.63) is 23.8 Å². The maximum Gasteiger partial charge on any atom is 0.146 e. The minimum Gasteiger partial charge on any atom is -0.489 e. The van der Waals surface area contributed by atoms with Gasteiger partial charge < -0.3 is 15.4 Å². The molecule has 0 saturated heterocycles. The van der Waals surface area contributed by atoms with E-state index in [9.17, 15) is 0 Å². The fourth-order valence-corrected chi connectivity index (χ4v) is 2.85. The summed E-state index contributed by atoms with van der Waals surface area (Å²) in [6.45, 7) is 10.6. The van der Waals surface area contributed by atoms with Gasteiger partial charge in [-0.05, 0) is 17.9 Å². The summed E-state index contributed by atoms with van der Waals surface area (Å²) >= 11 is 0. The maximum atomic E-state index is 5.81. The second-order valence-corrected chi connectivity index (χ2v) is 6.79. The number of anilines is 1. The number of benzene rings is 1. The molecular weight excluding hydrogens is 260 g/mol.